The number of nitrogens with one attached hydrogen (secondary N) is 1. The molecule has 21 heavy (non-hydrogen) atoms. The number of hydrogen-bond donors (Lipinski definition) is 1. The number of halogens is 3. The fraction of sp³-hybridized carbons (Fsp3) is 0.625. The average Bonchev–Trinajstić information content (AvgIpc) is 2.42. The van der Waals surface area contributed by atoms with Crippen LogP contribution in [0, 0.1) is 5.92 Å². The molecular formula is C16H23F3N2. The number of para-hydroxylation sites is 1. The minimum Gasteiger partial charge on any atom is -0.371 e. The van der Waals surface area contributed by atoms with E-state index < -0.39 is 11.7 Å². The quantitative estimate of drug-likeness (QED) is 0.890. The molecule has 0 aliphatic carbocycles. The Morgan fingerprint density at radius 3 is 2.67 bits per heavy atom. The molecule has 1 aromatic carbocycles. The van der Waals surface area contributed by atoms with Crippen LogP contribution in [-0.2, 0) is 6.18 Å². The van der Waals surface area contributed by atoms with E-state index in [1.165, 1.54) is 12.1 Å². The Bertz CT molecular complexity index is 459. The highest BCUT2D eigenvalue weighted by molar-refractivity contribution is 5.55. The molecule has 0 aromatic heterocycles. The first kappa shape index (κ1) is 16.1. The second kappa shape index (κ2) is 6.69. The maximum atomic E-state index is 13.2. The van der Waals surface area contributed by atoms with E-state index in [0.717, 1.165) is 19.4 Å². The van der Waals surface area contributed by atoms with Crippen LogP contribution in [0.15, 0.2) is 24.3 Å². The van der Waals surface area contributed by atoms with Gasteiger partial charge in [0, 0.05) is 24.8 Å². The fourth-order valence-corrected chi connectivity index (χ4v) is 2.87. The summed E-state index contributed by atoms with van der Waals surface area (Å²) in [7, 11) is 0. The number of benzene rings is 1. The molecule has 5 heteroatoms. The van der Waals surface area contributed by atoms with Crippen LogP contribution in [0.3, 0.4) is 0 Å². The normalized spacial score (nSPS) is 24.5. The first-order valence-corrected chi connectivity index (χ1v) is 7.56. The molecule has 118 valence electrons. The van der Waals surface area contributed by atoms with Gasteiger partial charge in [0.2, 0.25) is 0 Å². The maximum Gasteiger partial charge on any atom is 0.418 e. The lowest BCUT2D eigenvalue weighted by atomic mass is 10.0. The molecule has 0 spiro atoms. The van der Waals surface area contributed by atoms with E-state index in [9.17, 15) is 13.2 Å². The molecule has 1 fully saturated rings. The number of hydrogen-bond acceptors (Lipinski definition) is 2. The van der Waals surface area contributed by atoms with E-state index >= 15 is 0 Å². The Balaban J connectivity index is 2.27. The Hall–Kier alpha value is -1.23. The summed E-state index contributed by atoms with van der Waals surface area (Å²) >= 11 is 0. The van der Waals surface area contributed by atoms with Crippen molar-refractivity contribution in [1.82, 2.24) is 5.32 Å². The fourth-order valence-electron chi connectivity index (χ4n) is 2.87. The van der Waals surface area contributed by atoms with Crippen molar-refractivity contribution in [3.63, 3.8) is 0 Å². The van der Waals surface area contributed by atoms with Gasteiger partial charge in [0.05, 0.1) is 5.56 Å². The number of anilines is 1. The molecule has 1 aliphatic heterocycles. The summed E-state index contributed by atoms with van der Waals surface area (Å²) in [5, 5.41) is 3.49. The van der Waals surface area contributed by atoms with Crippen molar-refractivity contribution in [1.29, 1.82) is 0 Å². The predicted molar refractivity (Wildman–Crippen MR) is 79.5 cm³/mol. The monoisotopic (exact) mass is 300 g/mol. The molecular weight excluding hydrogens is 277 g/mol. The van der Waals surface area contributed by atoms with E-state index in [1.54, 1.807) is 12.1 Å². The van der Waals surface area contributed by atoms with Crippen molar-refractivity contribution in [3.8, 4) is 0 Å². The molecule has 1 N–H and O–H groups in total. The van der Waals surface area contributed by atoms with Gasteiger partial charge in [0.25, 0.3) is 0 Å². The van der Waals surface area contributed by atoms with Gasteiger partial charge in [-0.2, -0.15) is 13.2 Å². The van der Waals surface area contributed by atoms with Crippen molar-refractivity contribution in [2.45, 2.75) is 38.9 Å². The van der Waals surface area contributed by atoms with Crippen LogP contribution in [0.4, 0.5) is 18.9 Å². The zero-order valence-corrected chi connectivity index (χ0v) is 12.6. The number of rotatable bonds is 2. The lowest BCUT2D eigenvalue weighted by Gasteiger charge is -2.34. The summed E-state index contributed by atoms with van der Waals surface area (Å²) in [6.45, 7) is 6.34. The first-order valence-electron chi connectivity index (χ1n) is 7.56. The summed E-state index contributed by atoms with van der Waals surface area (Å²) in [5.41, 5.74) is -0.215. The predicted octanol–water partition coefficient (Wildman–Crippen LogP) is 3.92. The van der Waals surface area contributed by atoms with Crippen molar-refractivity contribution >= 4 is 5.69 Å². The lowest BCUT2D eigenvalue weighted by molar-refractivity contribution is -0.137. The number of nitrogens with zero attached hydrogens (tertiary/aromatic N) is 1. The molecule has 0 bridgehead atoms. The highest BCUT2D eigenvalue weighted by Gasteiger charge is 2.35. The van der Waals surface area contributed by atoms with Crippen molar-refractivity contribution in [2.75, 3.05) is 24.5 Å². The van der Waals surface area contributed by atoms with Crippen molar-refractivity contribution in [3.05, 3.63) is 29.8 Å². The Labute approximate surface area is 124 Å². The van der Waals surface area contributed by atoms with Gasteiger partial charge in [0.1, 0.15) is 0 Å². The van der Waals surface area contributed by atoms with Crippen LogP contribution in [0.1, 0.15) is 32.3 Å². The first-order chi connectivity index (χ1) is 9.91. The van der Waals surface area contributed by atoms with E-state index in [1.807, 2.05) is 4.90 Å². The van der Waals surface area contributed by atoms with Gasteiger partial charge in [-0.25, -0.2) is 0 Å². The van der Waals surface area contributed by atoms with Crippen LogP contribution in [0.2, 0.25) is 0 Å². The van der Waals surface area contributed by atoms with Gasteiger partial charge in [-0.1, -0.05) is 26.0 Å². The largest absolute Gasteiger partial charge is 0.418 e. The van der Waals surface area contributed by atoms with Gasteiger partial charge in [-0.3, -0.25) is 0 Å². The summed E-state index contributed by atoms with van der Waals surface area (Å²) in [4.78, 5) is 1.90. The summed E-state index contributed by atoms with van der Waals surface area (Å²) in [6.07, 6.45) is -2.43. The zero-order chi connectivity index (χ0) is 15.5. The molecule has 2 unspecified atom stereocenters. The van der Waals surface area contributed by atoms with Crippen LogP contribution in [0.25, 0.3) is 0 Å². The van der Waals surface area contributed by atoms with E-state index in [2.05, 4.69) is 19.2 Å². The summed E-state index contributed by atoms with van der Waals surface area (Å²) in [6, 6.07) is 6.29. The molecule has 0 radical (unpaired) electrons. The second-order valence-electron chi connectivity index (χ2n) is 5.87. The van der Waals surface area contributed by atoms with Crippen LogP contribution < -0.4 is 10.2 Å². The molecule has 2 rings (SSSR count). The molecule has 0 amide bonds. The third-order valence-electron chi connectivity index (χ3n) is 4.08. The average molecular weight is 300 g/mol. The molecule has 1 aromatic rings. The molecule has 2 nitrogen and oxygen atoms in total. The third kappa shape index (κ3) is 4.13. The second-order valence-corrected chi connectivity index (χ2v) is 5.87. The van der Waals surface area contributed by atoms with E-state index in [-0.39, 0.29) is 0 Å². The molecule has 1 heterocycles. The third-order valence-corrected chi connectivity index (χ3v) is 4.08. The maximum absolute atomic E-state index is 13.2. The highest BCUT2D eigenvalue weighted by Crippen LogP contribution is 2.37. The van der Waals surface area contributed by atoms with Gasteiger partial charge in [-0.15, -0.1) is 0 Å². The van der Waals surface area contributed by atoms with Crippen LogP contribution in [0.5, 0.6) is 0 Å². The summed E-state index contributed by atoms with van der Waals surface area (Å²) < 4.78 is 39.6. The lowest BCUT2D eigenvalue weighted by Crippen LogP contribution is -2.44. The highest BCUT2D eigenvalue weighted by atomic mass is 19.4. The zero-order valence-electron chi connectivity index (χ0n) is 12.6. The van der Waals surface area contributed by atoms with Gasteiger partial charge < -0.3 is 10.2 Å². The van der Waals surface area contributed by atoms with Crippen molar-refractivity contribution in [2.24, 2.45) is 5.92 Å². The van der Waals surface area contributed by atoms with Crippen LogP contribution >= 0.6 is 0 Å². The van der Waals surface area contributed by atoms with Crippen LogP contribution in [-0.4, -0.2) is 25.7 Å². The van der Waals surface area contributed by atoms with Gasteiger partial charge in [-0.05, 0) is 37.4 Å². The SMILES string of the molecule is CCC1CCN(c2ccccc2C(F)(F)F)CC(C)CN1. The standard InChI is InChI=1S/C16H23F3N2/c1-3-13-8-9-21(11-12(2)10-20-13)15-7-5-4-6-14(15)16(17,18)19/h4-7,12-13,20H,3,8-11H2,1-2H3. The minimum atomic E-state index is -4.30. The Kier molecular flexibility index (Phi) is 5.14. The summed E-state index contributed by atoms with van der Waals surface area (Å²) in [5.74, 6) is 0.320. The number of alkyl halides is 3. The molecule has 0 saturated carbocycles. The van der Waals surface area contributed by atoms with E-state index in [4.69, 9.17) is 0 Å². The molecule has 2 atom stereocenters. The van der Waals surface area contributed by atoms with Crippen molar-refractivity contribution < 1.29 is 13.2 Å². The van der Waals surface area contributed by atoms with Gasteiger partial charge >= 0.3 is 6.18 Å². The van der Waals surface area contributed by atoms with E-state index in [0.29, 0.717) is 30.7 Å². The molecule has 1 aliphatic rings. The Morgan fingerprint density at radius 2 is 2.00 bits per heavy atom. The van der Waals surface area contributed by atoms with Gasteiger partial charge in [0.15, 0.2) is 0 Å². The smallest absolute Gasteiger partial charge is 0.371 e. The molecule has 1 saturated heterocycles. The topological polar surface area (TPSA) is 15.3 Å². The Morgan fingerprint density at radius 1 is 1.29 bits per heavy atom. The minimum absolute atomic E-state index is 0.314.